The summed E-state index contributed by atoms with van der Waals surface area (Å²) < 4.78 is 30.9. The second-order valence-corrected chi connectivity index (χ2v) is 8.13. The highest BCUT2D eigenvalue weighted by Gasteiger charge is 2.60. The largest absolute Gasteiger partial charge is 0.497 e. The standard InChI is InChI=1S/C17H17NO3S2/c1-21-12-9-7-11(8-10-12)14-15(17(18)22)16(14)23(19,20)13-5-3-2-4-6-13/h2-10,14-16H,1H3,(H2,18,22)/t14-,15-,16-/m1/s1. The van der Waals surface area contributed by atoms with Gasteiger partial charge in [-0.15, -0.1) is 0 Å². The number of rotatable bonds is 5. The van der Waals surface area contributed by atoms with E-state index in [0.29, 0.717) is 4.90 Å². The Morgan fingerprint density at radius 1 is 1.09 bits per heavy atom. The number of sulfone groups is 1. The lowest BCUT2D eigenvalue weighted by atomic mass is 10.1. The van der Waals surface area contributed by atoms with E-state index < -0.39 is 15.1 Å². The van der Waals surface area contributed by atoms with Gasteiger partial charge in [0.2, 0.25) is 0 Å². The molecule has 1 aliphatic rings. The summed E-state index contributed by atoms with van der Waals surface area (Å²) in [7, 11) is -1.88. The number of nitrogens with two attached hydrogens (primary N) is 1. The molecule has 0 aliphatic heterocycles. The highest BCUT2D eigenvalue weighted by Crippen LogP contribution is 2.54. The first-order valence-electron chi connectivity index (χ1n) is 7.19. The zero-order chi connectivity index (χ0) is 16.6. The van der Waals surface area contributed by atoms with Crippen LogP contribution in [0, 0.1) is 5.92 Å². The predicted molar refractivity (Wildman–Crippen MR) is 93.4 cm³/mol. The van der Waals surface area contributed by atoms with Gasteiger partial charge in [-0.1, -0.05) is 42.5 Å². The van der Waals surface area contributed by atoms with Crippen molar-refractivity contribution in [3.63, 3.8) is 0 Å². The number of benzene rings is 2. The summed E-state index contributed by atoms with van der Waals surface area (Å²) in [5, 5.41) is -0.601. The number of thiocarbonyl (C=S) groups is 1. The van der Waals surface area contributed by atoms with E-state index in [0.717, 1.165) is 11.3 Å². The van der Waals surface area contributed by atoms with Crippen LogP contribution < -0.4 is 10.5 Å². The summed E-state index contributed by atoms with van der Waals surface area (Å²) >= 11 is 5.09. The van der Waals surface area contributed by atoms with Crippen molar-refractivity contribution < 1.29 is 13.2 Å². The molecule has 3 atom stereocenters. The summed E-state index contributed by atoms with van der Waals surface area (Å²) in [6.07, 6.45) is 0. The average molecular weight is 347 g/mol. The highest BCUT2D eigenvalue weighted by atomic mass is 32.2. The highest BCUT2D eigenvalue weighted by molar-refractivity contribution is 7.92. The Hall–Kier alpha value is -1.92. The maximum atomic E-state index is 12.9. The number of hydrogen-bond acceptors (Lipinski definition) is 4. The van der Waals surface area contributed by atoms with E-state index in [1.807, 2.05) is 24.3 Å². The van der Waals surface area contributed by atoms with E-state index in [-0.39, 0.29) is 16.8 Å². The van der Waals surface area contributed by atoms with Crippen LogP contribution >= 0.6 is 12.2 Å². The Morgan fingerprint density at radius 3 is 2.22 bits per heavy atom. The lowest BCUT2D eigenvalue weighted by Crippen LogP contribution is -2.17. The van der Waals surface area contributed by atoms with E-state index >= 15 is 0 Å². The van der Waals surface area contributed by atoms with Crippen molar-refractivity contribution in [2.24, 2.45) is 11.7 Å². The molecule has 0 saturated heterocycles. The Morgan fingerprint density at radius 2 is 1.70 bits per heavy atom. The van der Waals surface area contributed by atoms with E-state index in [1.165, 1.54) is 0 Å². The minimum atomic E-state index is -3.47. The van der Waals surface area contributed by atoms with Crippen molar-refractivity contribution in [1.29, 1.82) is 0 Å². The quantitative estimate of drug-likeness (QED) is 0.842. The fourth-order valence-corrected chi connectivity index (χ4v) is 5.55. The van der Waals surface area contributed by atoms with E-state index in [2.05, 4.69) is 0 Å². The lowest BCUT2D eigenvalue weighted by Gasteiger charge is -2.05. The molecule has 3 rings (SSSR count). The maximum Gasteiger partial charge on any atom is 0.182 e. The van der Waals surface area contributed by atoms with Gasteiger partial charge in [0.05, 0.1) is 22.2 Å². The van der Waals surface area contributed by atoms with Crippen molar-refractivity contribution in [2.45, 2.75) is 16.1 Å². The van der Waals surface area contributed by atoms with Crippen molar-refractivity contribution in [1.82, 2.24) is 0 Å². The normalized spacial score (nSPS) is 23.3. The van der Waals surface area contributed by atoms with Crippen LogP contribution in [0.25, 0.3) is 0 Å². The summed E-state index contributed by atoms with van der Waals surface area (Å²) in [6, 6.07) is 15.8. The molecule has 2 N–H and O–H groups in total. The smallest absolute Gasteiger partial charge is 0.182 e. The van der Waals surface area contributed by atoms with Crippen molar-refractivity contribution in [3.05, 3.63) is 60.2 Å². The molecule has 0 heterocycles. The van der Waals surface area contributed by atoms with Crippen LogP contribution in [-0.4, -0.2) is 25.8 Å². The van der Waals surface area contributed by atoms with Gasteiger partial charge in [-0.25, -0.2) is 8.42 Å². The minimum absolute atomic E-state index is 0.205. The maximum absolute atomic E-state index is 12.9. The molecule has 2 aromatic rings. The van der Waals surface area contributed by atoms with Gasteiger partial charge in [-0.05, 0) is 29.8 Å². The molecular formula is C17H17NO3S2. The molecule has 0 spiro atoms. The Balaban J connectivity index is 1.96. The monoisotopic (exact) mass is 347 g/mol. The third kappa shape index (κ3) is 2.84. The molecule has 1 fully saturated rings. The molecule has 120 valence electrons. The molecule has 1 aliphatic carbocycles. The van der Waals surface area contributed by atoms with Crippen LogP contribution in [0.4, 0.5) is 0 Å². The second-order valence-electron chi connectivity index (χ2n) is 5.55. The molecule has 23 heavy (non-hydrogen) atoms. The van der Waals surface area contributed by atoms with Crippen LogP contribution in [-0.2, 0) is 9.84 Å². The lowest BCUT2D eigenvalue weighted by molar-refractivity contribution is 0.414. The SMILES string of the molecule is COc1ccc([C@@H]2[C@@H](C(N)=S)[C@@H]2S(=O)(=O)c2ccccc2)cc1. The molecule has 4 nitrogen and oxygen atoms in total. The van der Waals surface area contributed by atoms with Crippen LogP contribution in [0.1, 0.15) is 11.5 Å². The topological polar surface area (TPSA) is 69.4 Å². The second kappa shape index (κ2) is 5.94. The van der Waals surface area contributed by atoms with E-state index in [4.69, 9.17) is 22.7 Å². The van der Waals surface area contributed by atoms with Gasteiger partial charge >= 0.3 is 0 Å². The molecule has 0 amide bonds. The molecule has 0 unspecified atom stereocenters. The van der Waals surface area contributed by atoms with Gasteiger partial charge in [-0.3, -0.25) is 0 Å². The first-order valence-corrected chi connectivity index (χ1v) is 9.14. The van der Waals surface area contributed by atoms with Gasteiger partial charge < -0.3 is 10.5 Å². The third-order valence-corrected chi connectivity index (χ3v) is 6.72. The van der Waals surface area contributed by atoms with Crippen molar-refractivity contribution in [2.75, 3.05) is 7.11 Å². The molecule has 0 radical (unpaired) electrons. The van der Waals surface area contributed by atoms with Gasteiger partial charge in [0.1, 0.15) is 5.75 Å². The first-order chi connectivity index (χ1) is 11.0. The van der Waals surface area contributed by atoms with Gasteiger partial charge in [-0.2, -0.15) is 0 Å². The predicted octanol–water partition coefficient (Wildman–Crippen LogP) is 2.54. The summed E-state index contributed by atoms with van der Waals surface area (Å²) in [5.41, 5.74) is 6.70. The molecule has 0 aromatic heterocycles. The summed E-state index contributed by atoms with van der Waals surface area (Å²) in [4.78, 5) is 0.553. The first kappa shape index (κ1) is 16.0. The Kier molecular flexibility index (Phi) is 4.12. The van der Waals surface area contributed by atoms with Gasteiger partial charge in [0, 0.05) is 11.8 Å². The van der Waals surface area contributed by atoms with Crippen molar-refractivity contribution in [3.8, 4) is 5.75 Å². The molecule has 1 saturated carbocycles. The van der Waals surface area contributed by atoms with Gasteiger partial charge in [0.25, 0.3) is 0 Å². The zero-order valence-electron chi connectivity index (χ0n) is 12.5. The summed E-state index contributed by atoms with van der Waals surface area (Å²) in [6.45, 7) is 0. The molecule has 6 heteroatoms. The zero-order valence-corrected chi connectivity index (χ0v) is 14.2. The van der Waals surface area contributed by atoms with Crippen LogP contribution in [0.5, 0.6) is 5.75 Å². The number of methoxy groups -OCH3 is 1. The van der Waals surface area contributed by atoms with E-state index in [1.54, 1.807) is 37.4 Å². The van der Waals surface area contributed by atoms with E-state index in [9.17, 15) is 8.42 Å². The minimum Gasteiger partial charge on any atom is -0.497 e. The Bertz CT molecular complexity index is 817. The van der Waals surface area contributed by atoms with Crippen LogP contribution in [0.15, 0.2) is 59.5 Å². The third-order valence-electron chi connectivity index (χ3n) is 4.21. The Labute approximate surface area is 141 Å². The fourth-order valence-electron chi connectivity index (χ4n) is 3.00. The van der Waals surface area contributed by atoms with Crippen LogP contribution in [0.3, 0.4) is 0 Å². The average Bonchev–Trinajstić information content (AvgIpc) is 3.32. The molecule has 0 bridgehead atoms. The number of ether oxygens (including phenoxy) is 1. The fraction of sp³-hybridized carbons (Fsp3) is 0.235. The number of hydrogen-bond donors (Lipinski definition) is 1. The summed E-state index contributed by atoms with van der Waals surface area (Å²) in [5.74, 6) is 0.191. The molecular weight excluding hydrogens is 330 g/mol. The van der Waals surface area contributed by atoms with Gasteiger partial charge in [0.15, 0.2) is 9.84 Å². The van der Waals surface area contributed by atoms with Crippen molar-refractivity contribution >= 4 is 27.0 Å². The van der Waals surface area contributed by atoms with Crippen LogP contribution in [0.2, 0.25) is 0 Å². The molecule has 2 aromatic carbocycles.